The van der Waals surface area contributed by atoms with Crippen molar-refractivity contribution in [3.8, 4) is 0 Å². The fourth-order valence-electron chi connectivity index (χ4n) is 2.42. The number of nitrogens with zero attached hydrogens (tertiary/aromatic N) is 2. The molecule has 2 heterocycles. The number of likely N-dealkylation sites (tertiary alicyclic amines) is 1. The van der Waals surface area contributed by atoms with Crippen LogP contribution in [0.4, 0.5) is 0 Å². The topological polar surface area (TPSA) is 53.4 Å². The van der Waals surface area contributed by atoms with Crippen molar-refractivity contribution in [1.29, 1.82) is 0 Å². The average Bonchev–Trinajstić information content (AvgIpc) is 2.81. The van der Waals surface area contributed by atoms with Crippen molar-refractivity contribution in [3.05, 3.63) is 21.7 Å². The summed E-state index contributed by atoms with van der Waals surface area (Å²) >= 11 is 1.62. The summed E-state index contributed by atoms with van der Waals surface area (Å²) < 4.78 is 0. The Morgan fingerprint density at radius 1 is 1.50 bits per heavy atom. The highest BCUT2D eigenvalue weighted by molar-refractivity contribution is 7.12. The van der Waals surface area contributed by atoms with Crippen molar-refractivity contribution in [3.63, 3.8) is 0 Å². The Morgan fingerprint density at radius 2 is 2.20 bits per heavy atom. The van der Waals surface area contributed by atoms with Crippen LogP contribution < -0.4 is 0 Å². The van der Waals surface area contributed by atoms with Crippen LogP contribution in [0.2, 0.25) is 0 Å². The fraction of sp³-hybridized carbons (Fsp3) is 0.600. The number of aliphatic carboxylic acids is 1. The molecule has 4 nitrogen and oxygen atoms in total. The van der Waals surface area contributed by atoms with E-state index in [2.05, 4.69) is 23.7 Å². The van der Waals surface area contributed by atoms with Crippen LogP contribution >= 0.6 is 11.3 Å². The highest BCUT2D eigenvalue weighted by Crippen LogP contribution is 2.24. The van der Waals surface area contributed by atoms with Gasteiger partial charge in [0.15, 0.2) is 0 Å². The van der Waals surface area contributed by atoms with Crippen LogP contribution in [-0.4, -0.2) is 34.0 Å². The van der Waals surface area contributed by atoms with Crippen LogP contribution in [0.3, 0.4) is 0 Å². The summed E-state index contributed by atoms with van der Waals surface area (Å²) in [7, 11) is 0. The molecule has 5 heteroatoms. The first kappa shape index (κ1) is 15.2. The molecule has 0 radical (unpaired) electrons. The molecule has 1 aromatic heterocycles. The van der Waals surface area contributed by atoms with Crippen molar-refractivity contribution in [2.24, 2.45) is 5.92 Å². The summed E-state index contributed by atoms with van der Waals surface area (Å²) in [5.74, 6) is -0.0742. The second kappa shape index (κ2) is 6.99. The lowest BCUT2D eigenvalue weighted by Crippen LogP contribution is -2.32. The molecular weight excluding hydrogens is 272 g/mol. The Labute approximate surface area is 124 Å². The molecule has 0 aromatic carbocycles. The van der Waals surface area contributed by atoms with Gasteiger partial charge in [0.2, 0.25) is 0 Å². The largest absolute Gasteiger partial charge is 0.478 e. The molecule has 1 aliphatic heterocycles. The van der Waals surface area contributed by atoms with Crippen LogP contribution in [-0.2, 0) is 17.8 Å². The molecule has 2 rings (SSSR count). The molecule has 20 heavy (non-hydrogen) atoms. The zero-order chi connectivity index (χ0) is 14.5. The van der Waals surface area contributed by atoms with E-state index in [1.54, 1.807) is 17.4 Å². The zero-order valence-electron chi connectivity index (χ0n) is 12.1. The molecule has 0 spiro atoms. The number of aromatic nitrogens is 1. The van der Waals surface area contributed by atoms with Crippen molar-refractivity contribution in [2.45, 2.75) is 39.7 Å². The maximum absolute atomic E-state index is 10.6. The van der Waals surface area contributed by atoms with E-state index in [1.165, 1.54) is 18.9 Å². The number of carboxylic acids is 1. The predicted molar refractivity (Wildman–Crippen MR) is 81.8 cm³/mol. The second-order valence-corrected chi connectivity index (χ2v) is 6.52. The summed E-state index contributed by atoms with van der Waals surface area (Å²) in [4.78, 5) is 18.7. The molecule has 0 bridgehead atoms. The average molecular weight is 294 g/mol. The third-order valence-electron chi connectivity index (χ3n) is 3.72. The number of hydrogen-bond donors (Lipinski definition) is 1. The van der Waals surface area contributed by atoms with Gasteiger partial charge in [-0.25, -0.2) is 9.78 Å². The van der Waals surface area contributed by atoms with Crippen molar-refractivity contribution < 1.29 is 9.90 Å². The lowest BCUT2D eigenvalue weighted by Gasteiger charge is -2.29. The smallest absolute Gasteiger partial charge is 0.328 e. The number of rotatable bonds is 5. The number of aryl methyl sites for hydroxylation is 1. The molecule has 110 valence electrons. The first-order valence-electron chi connectivity index (χ1n) is 7.20. The number of thiazole rings is 1. The van der Waals surface area contributed by atoms with Crippen LogP contribution in [0, 0.1) is 5.92 Å². The quantitative estimate of drug-likeness (QED) is 0.848. The van der Waals surface area contributed by atoms with E-state index in [4.69, 9.17) is 5.11 Å². The highest BCUT2D eigenvalue weighted by Gasteiger charge is 2.17. The first-order chi connectivity index (χ1) is 9.58. The van der Waals surface area contributed by atoms with E-state index in [-0.39, 0.29) is 0 Å². The van der Waals surface area contributed by atoms with Gasteiger partial charge in [0.1, 0.15) is 5.01 Å². The monoisotopic (exact) mass is 294 g/mol. The first-order valence-corrected chi connectivity index (χ1v) is 8.02. The van der Waals surface area contributed by atoms with E-state index < -0.39 is 5.97 Å². The van der Waals surface area contributed by atoms with Crippen LogP contribution in [0.1, 0.15) is 42.3 Å². The van der Waals surface area contributed by atoms with E-state index in [0.29, 0.717) is 0 Å². The van der Waals surface area contributed by atoms with Crippen molar-refractivity contribution >= 4 is 23.4 Å². The van der Waals surface area contributed by atoms with Gasteiger partial charge in [-0.1, -0.05) is 13.8 Å². The third-order valence-corrected chi connectivity index (χ3v) is 4.77. The number of piperidine rings is 1. The maximum atomic E-state index is 10.6. The zero-order valence-corrected chi connectivity index (χ0v) is 12.9. The van der Waals surface area contributed by atoms with Crippen LogP contribution in [0.15, 0.2) is 6.08 Å². The van der Waals surface area contributed by atoms with Crippen molar-refractivity contribution in [1.82, 2.24) is 9.88 Å². The summed E-state index contributed by atoms with van der Waals surface area (Å²) in [5.41, 5.74) is 1.01. The number of carbonyl (C=O) groups is 1. The SMILES string of the molecule is CCc1nc(CN2CCC(C)CC2)sc1/C=C/C(=O)O. The van der Waals surface area contributed by atoms with Gasteiger partial charge in [-0.15, -0.1) is 11.3 Å². The molecule has 0 aliphatic carbocycles. The van der Waals surface area contributed by atoms with E-state index in [0.717, 1.165) is 47.6 Å². The minimum absolute atomic E-state index is 0.836. The molecule has 0 amide bonds. The second-order valence-electron chi connectivity index (χ2n) is 5.40. The standard InChI is InChI=1S/C15H22N2O2S/c1-3-12-13(4-5-15(18)19)20-14(16-12)10-17-8-6-11(2)7-9-17/h4-5,11H,3,6-10H2,1-2H3,(H,18,19)/b5-4+. The highest BCUT2D eigenvalue weighted by atomic mass is 32.1. The van der Waals surface area contributed by atoms with Gasteiger partial charge in [-0.05, 0) is 44.3 Å². The van der Waals surface area contributed by atoms with Crippen molar-refractivity contribution in [2.75, 3.05) is 13.1 Å². The van der Waals surface area contributed by atoms with E-state index in [9.17, 15) is 4.79 Å². The normalized spacial score (nSPS) is 17.9. The van der Waals surface area contributed by atoms with Gasteiger partial charge in [0.25, 0.3) is 0 Å². The summed E-state index contributed by atoms with van der Waals surface area (Å²) in [5, 5.41) is 9.82. The van der Waals surface area contributed by atoms with Crippen LogP contribution in [0.5, 0.6) is 0 Å². The predicted octanol–water partition coefficient (Wildman–Crippen LogP) is 3.04. The number of carboxylic acid groups (broad SMARTS) is 1. The molecule has 0 atom stereocenters. The van der Waals surface area contributed by atoms with Crippen LogP contribution in [0.25, 0.3) is 6.08 Å². The molecular formula is C15H22N2O2S. The molecule has 0 unspecified atom stereocenters. The van der Waals surface area contributed by atoms with E-state index >= 15 is 0 Å². The summed E-state index contributed by atoms with van der Waals surface area (Å²) in [6.45, 7) is 7.54. The molecule has 1 fully saturated rings. The minimum Gasteiger partial charge on any atom is -0.478 e. The van der Waals surface area contributed by atoms with E-state index in [1.807, 2.05) is 0 Å². The number of hydrogen-bond acceptors (Lipinski definition) is 4. The van der Waals surface area contributed by atoms with Gasteiger partial charge >= 0.3 is 5.97 Å². The Balaban J connectivity index is 2.03. The lowest BCUT2D eigenvalue weighted by atomic mass is 9.99. The summed E-state index contributed by atoms with van der Waals surface area (Å²) in [6, 6.07) is 0. The van der Waals surface area contributed by atoms with Gasteiger partial charge in [0.05, 0.1) is 17.1 Å². The summed E-state index contributed by atoms with van der Waals surface area (Å²) in [6.07, 6.45) is 6.22. The molecule has 1 aliphatic rings. The minimum atomic E-state index is -0.910. The Kier molecular flexibility index (Phi) is 5.31. The fourth-order valence-corrected chi connectivity index (χ4v) is 3.52. The third kappa shape index (κ3) is 4.15. The van der Waals surface area contributed by atoms with Gasteiger partial charge < -0.3 is 5.11 Å². The Hall–Kier alpha value is -1.20. The maximum Gasteiger partial charge on any atom is 0.328 e. The van der Waals surface area contributed by atoms with Gasteiger partial charge in [-0.3, -0.25) is 4.90 Å². The van der Waals surface area contributed by atoms with Gasteiger partial charge in [-0.2, -0.15) is 0 Å². The molecule has 0 saturated carbocycles. The molecule has 1 saturated heterocycles. The Bertz CT molecular complexity index is 488. The Morgan fingerprint density at radius 3 is 2.80 bits per heavy atom. The molecule has 1 N–H and O–H groups in total. The molecule has 1 aromatic rings. The lowest BCUT2D eigenvalue weighted by molar-refractivity contribution is -0.131. The van der Waals surface area contributed by atoms with Gasteiger partial charge in [0, 0.05) is 6.08 Å².